The van der Waals surface area contributed by atoms with Crippen molar-refractivity contribution in [3.8, 4) is 0 Å². The molecule has 0 saturated heterocycles. The maximum atomic E-state index is 12.9. The van der Waals surface area contributed by atoms with Gasteiger partial charge in [0.25, 0.3) is 5.91 Å². The minimum absolute atomic E-state index is 0.107. The first kappa shape index (κ1) is 23.4. The van der Waals surface area contributed by atoms with Crippen molar-refractivity contribution in [1.82, 2.24) is 4.90 Å². The Morgan fingerprint density at radius 2 is 1.76 bits per heavy atom. The molecule has 7 heteroatoms. The van der Waals surface area contributed by atoms with E-state index in [2.05, 4.69) is 5.32 Å². The predicted molar refractivity (Wildman–Crippen MR) is 117 cm³/mol. The van der Waals surface area contributed by atoms with Crippen LogP contribution in [0.15, 0.2) is 0 Å². The number of thiophene rings is 1. The largest absolute Gasteiger partial charge is 0.462 e. The Kier molecular flexibility index (Phi) is 9.14. The quantitative estimate of drug-likeness (QED) is 0.567. The van der Waals surface area contributed by atoms with Crippen molar-refractivity contribution in [3.63, 3.8) is 0 Å². The van der Waals surface area contributed by atoms with Crippen LogP contribution in [0.2, 0.25) is 0 Å². The summed E-state index contributed by atoms with van der Waals surface area (Å²) in [6.07, 6.45) is 7.49. The molecule has 1 aliphatic rings. The van der Waals surface area contributed by atoms with E-state index >= 15 is 0 Å². The van der Waals surface area contributed by atoms with E-state index in [1.807, 2.05) is 13.8 Å². The molecule has 0 unspecified atom stereocenters. The van der Waals surface area contributed by atoms with Gasteiger partial charge in [0.05, 0.1) is 17.0 Å². The molecule has 0 atom stereocenters. The first-order chi connectivity index (χ1) is 13.9. The number of nitrogens with one attached hydrogen (secondary N) is 1. The Balaban J connectivity index is 2.19. The number of nitrogens with zero attached hydrogens (tertiary/aromatic N) is 1. The summed E-state index contributed by atoms with van der Waals surface area (Å²) < 4.78 is 5.18. The summed E-state index contributed by atoms with van der Waals surface area (Å²) in [7, 11) is 0. The second kappa shape index (κ2) is 11.3. The van der Waals surface area contributed by atoms with Gasteiger partial charge >= 0.3 is 5.97 Å². The molecule has 0 aliphatic heterocycles. The molecule has 6 nitrogen and oxygen atoms in total. The lowest BCUT2D eigenvalue weighted by Crippen LogP contribution is -2.30. The van der Waals surface area contributed by atoms with E-state index in [9.17, 15) is 14.4 Å². The smallest absolute Gasteiger partial charge is 0.341 e. The summed E-state index contributed by atoms with van der Waals surface area (Å²) in [6, 6.07) is 0. The minimum Gasteiger partial charge on any atom is -0.462 e. The molecule has 0 aromatic carbocycles. The highest BCUT2D eigenvalue weighted by atomic mass is 32.1. The van der Waals surface area contributed by atoms with Crippen LogP contribution in [0.3, 0.4) is 0 Å². The average Bonchev–Trinajstić information content (AvgIpc) is 3.04. The lowest BCUT2D eigenvalue weighted by atomic mass is 9.86. The van der Waals surface area contributed by atoms with Crippen molar-refractivity contribution >= 4 is 34.1 Å². The molecule has 1 aromatic heterocycles. The molecule has 1 saturated carbocycles. The fourth-order valence-corrected chi connectivity index (χ4v) is 5.09. The zero-order chi connectivity index (χ0) is 21.4. The van der Waals surface area contributed by atoms with Crippen molar-refractivity contribution in [3.05, 3.63) is 16.0 Å². The first-order valence-electron chi connectivity index (χ1n) is 10.8. The van der Waals surface area contributed by atoms with E-state index in [-0.39, 0.29) is 18.4 Å². The molecule has 0 spiro atoms. The third kappa shape index (κ3) is 6.04. The van der Waals surface area contributed by atoms with Crippen LogP contribution in [0, 0.1) is 12.8 Å². The van der Waals surface area contributed by atoms with E-state index in [0.29, 0.717) is 46.4 Å². The fraction of sp³-hybridized carbons (Fsp3) is 0.682. The van der Waals surface area contributed by atoms with Crippen LogP contribution in [0.5, 0.6) is 0 Å². The van der Waals surface area contributed by atoms with E-state index in [0.717, 1.165) is 6.42 Å². The summed E-state index contributed by atoms with van der Waals surface area (Å²) in [6.45, 7) is 8.74. The van der Waals surface area contributed by atoms with E-state index in [1.54, 1.807) is 18.7 Å². The van der Waals surface area contributed by atoms with E-state index < -0.39 is 5.97 Å². The van der Waals surface area contributed by atoms with Crippen LogP contribution >= 0.6 is 11.3 Å². The van der Waals surface area contributed by atoms with Gasteiger partial charge in [-0.3, -0.25) is 9.59 Å². The van der Waals surface area contributed by atoms with E-state index in [4.69, 9.17) is 4.74 Å². The fourth-order valence-electron chi connectivity index (χ4n) is 3.91. The highest BCUT2D eigenvalue weighted by Crippen LogP contribution is 2.35. The summed E-state index contributed by atoms with van der Waals surface area (Å²) in [5.41, 5.74) is 0.881. The lowest BCUT2D eigenvalue weighted by molar-refractivity contribution is -0.116. The summed E-state index contributed by atoms with van der Waals surface area (Å²) in [4.78, 5) is 40.2. The Hall–Kier alpha value is -1.89. The van der Waals surface area contributed by atoms with Crippen molar-refractivity contribution in [1.29, 1.82) is 0 Å². The van der Waals surface area contributed by atoms with Gasteiger partial charge in [0, 0.05) is 19.5 Å². The van der Waals surface area contributed by atoms with Gasteiger partial charge in [0.15, 0.2) is 0 Å². The van der Waals surface area contributed by atoms with Crippen molar-refractivity contribution < 1.29 is 19.1 Å². The maximum Gasteiger partial charge on any atom is 0.341 e. The molecule has 2 amide bonds. The molecular weight excluding hydrogens is 388 g/mol. The SMILES string of the molecule is CCOC(=O)c1c(NC(=O)CCC2CCCCC2)sc(C(=O)N(CC)CC)c1C. The molecule has 29 heavy (non-hydrogen) atoms. The number of hydrogen-bond donors (Lipinski definition) is 1. The number of anilines is 1. The van der Waals surface area contributed by atoms with Gasteiger partial charge in [0.1, 0.15) is 5.00 Å². The Morgan fingerprint density at radius 3 is 2.34 bits per heavy atom. The first-order valence-corrected chi connectivity index (χ1v) is 11.6. The Morgan fingerprint density at radius 1 is 1.10 bits per heavy atom. The standard InChI is InChI=1S/C22H34N2O4S/c1-5-24(6-2)21(26)19-15(4)18(22(27)28-7-3)20(29-19)23-17(25)14-13-16-11-9-8-10-12-16/h16H,5-14H2,1-4H3,(H,23,25). The number of amides is 2. The molecular formula is C22H34N2O4S. The van der Waals surface area contributed by atoms with Gasteiger partial charge in [0.2, 0.25) is 5.91 Å². The minimum atomic E-state index is -0.498. The monoisotopic (exact) mass is 422 g/mol. The van der Waals surface area contributed by atoms with E-state index in [1.165, 1.54) is 43.4 Å². The van der Waals surface area contributed by atoms with Gasteiger partial charge in [-0.05, 0) is 45.6 Å². The topological polar surface area (TPSA) is 75.7 Å². The van der Waals surface area contributed by atoms with Gasteiger partial charge in [-0.2, -0.15) is 0 Å². The van der Waals surface area contributed by atoms with Gasteiger partial charge < -0.3 is 15.0 Å². The van der Waals surface area contributed by atoms with Crippen molar-refractivity contribution in [2.75, 3.05) is 25.0 Å². The average molecular weight is 423 g/mol. The number of carbonyl (C=O) groups is 3. The lowest BCUT2D eigenvalue weighted by Gasteiger charge is -2.20. The molecule has 0 radical (unpaired) electrons. The maximum absolute atomic E-state index is 12.9. The summed E-state index contributed by atoms with van der Waals surface area (Å²) in [5, 5.41) is 3.31. The zero-order valence-electron chi connectivity index (χ0n) is 18.1. The van der Waals surface area contributed by atoms with Gasteiger partial charge in [-0.25, -0.2) is 4.79 Å². The molecule has 1 fully saturated rings. The van der Waals surface area contributed by atoms with Crippen LogP contribution < -0.4 is 5.32 Å². The molecule has 1 aromatic rings. The number of rotatable bonds is 9. The number of esters is 1. The summed E-state index contributed by atoms with van der Waals surface area (Å²) in [5.74, 6) is -0.110. The van der Waals surface area contributed by atoms with Crippen LogP contribution in [0.4, 0.5) is 5.00 Å². The van der Waals surface area contributed by atoms with Crippen LogP contribution in [0.1, 0.15) is 91.3 Å². The van der Waals surface area contributed by atoms with Crippen molar-refractivity contribution in [2.24, 2.45) is 5.92 Å². The van der Waals surface area contributed by atoms with Crippen LogP contribution in [0.25, 0.3) is 0 Å². The third-order valence-corrected chi connectivity index (χ3v) is 6.82. The molecule has 162 valence electrons. The van der Waals surface area contributed by atoms with Gasteiger partial charge in [-0.15, -0.1) is 11.3 Å². The highest BCUT2D eigenvalue weighted by Gasteiger charge is 2.28. The molecule has 1 N–H and O–H groups in total. The summed E-state index contributed by atoms with van der Waals surface area (Å²) >= 11 is 1.17. The molecule has 1 heterocycles. The second-order valence-electron chi connectivity index (χ2n) is 7.55. The van der Waals surface area contributed by atoms with Crippen LogP contribution in [-0.2, 0) is 9.53 Å². The third-order valence-electron chi connectivity index (χ3n) is 5.63. The Bertz CT molecular complexity index is 719. The predicted octanol–water partition coefficient (Wildman–Crippen LogP) is 5.01. The van der Waals surface area contributed by atoms with Crippen LogP contribution in [-0.4, -0.2) is 42.4 Å². The number of ether oxygens (including phenoxy) is 1. The van der Waals surface area contributed by atoms with Crippen molar-refractivity contribution in [2.45, 2.75) is 72.6 Å². The molecule has 0 bridgehead atoms. The zero-order valence-corrected chi connectivity index (χ0v) is 19.0. The molecule has 2 rings (SSSR count). The second-order valence-corrected chi connectivity index (χ2v) is 8.57. The number of hydrogen-bond acceptors (Lipinski definition) is 5. The number of carbonyl (C=O) groups excluding carboxylic acids is 3. The Labute approximate surface area is 178 Å². The molecule has 1 aliphatic carbocycles. The van der Waals surface area contributed by atoms with Gasteiger partial charge in [-0.1, -0.05) is 32.1 Å². The highest BCUT2D eigenvalue weighted by molar-refractivity contribution is 7.18. The normalized spacial score (nSPS) is 14.5.